The zero-order chi connectivity index (χ0) is 17.6. The van der Waals surface area contributed by atoms with E-state index in [0.717, 1.165) is 27.9 Å². The van der Waals surface area contributed by atoms with Gasteiger partial charge in [-0.1, -0.05) is 30.3 Å². The average Bonchev–Trinajstić information content (AvgIpc) is 2.98. The lowest BCUT2D eigenvalue weighted by Crippen LogP contribution is -2.36. The van der Waals surface area contributed by atoms with Crippen molar-refractivity contribution in [3.8, 4) is 6.07 Å². The topological polar surface area (TPSA) is 73.3 Å². The summed E-state index contributed by atoms with van der Waals surface area (Å²) in [6.45, 7) is 3.21. The molecule has 0 saturated heterocycles. The highest BCUT2D eigenvalue weighted by molar-refractivity contribution is 14.0. The molecule has 0 radical (unpaired) electrons. The number of halogens is 1. The minimum atomic E-state index is 0. The van der Waals surface area contributed by atoms with E-state index in [4.69, 9.17) is 9.68 Å². The third-order valence-corrected chi connectivity index (χ3v) is 4.10. The van der Waals surface area contributed by atoms with Crippen LogP contribution in [0.4, 0.5) is 0 Å². The van der Waals surface area contributed by atoms with Gasteiger partial charge in [-0.05, 0) is 30.7 Å². The van der Waals surface area contributed by atoms with E-state index in [9.17, 15) is 0 Å². The maximum atomic E-state index is 8.96. The van der Waals surface area contributed by atoms with E-state index in [1.807, 2.05) is 36.4 Å². The fourth-order valence-corrected chi connectivity index (χ4v) is 2.71. The molecule has 2 aromatic carbocycles. The van der Waals surface area contributed by atoms with Gasteiger partial charge >= 0.3 is 0 Å². The Hall–Kier alpha value is -2.53. The van der Waals surface area contributed by atoms with E-state index < -0.39 is 0 Å². The first-order valence-corrected chi connectivity index (χ1v) is 8.12. The van der Waals surface area contributed by atoms with Gasteiger partial charge in [-0.25, -0.2) is 0 Å². The molecule has 134 valence electrons. The van der Waals surface area contributed by atoms with Gasteiger partial charge in [0.15, 0.2) is 5.96 Å². The molecule has 0 aliphatic heterocycles. The summed E-state index contributed by atoms with van der Waals surface area (Å²) in [5.74, 6) is 1.58. The number of benzene rings is 2. The molecule has 0 unspecified atom stereocenters. The maximum absolute atomic E-state index is 8.96. The predicted octanol–water partition coefficient (Wildman–Crippen LogP) is 4.10. The molecule has 0 saturated carbocycles. The lowest BCUT2D eigenvalue weighted by Gasteiger charge is -2.11. The normalized spacial score (nSPS) is 10.9. The van der Waals surface area contributed by atoms with Gasteiger partial charge in [-0.15, -0.1) is 24.0 Å². The van der Waals surface area contributed by atoms with Gasteiger partial charge in [0.25, 0.3) is 0 Å². The summed E-state index contributed by atoms with van der Waals surface area (Å²) in [7, 11) is 1.73. The molecular formula is C20H21IN4O. The van der Waals surface area contributed by atoms with Gasteiger partial charge in [0.1, 0.15) is 11.3 Å². The summed E-state index contributed by atoms with van der Waals surface area (Å²) < 4.78 is 5.91. The van der Waals surface area contributed by atoms with Crippen LogP contribution in [0.25, 0.3) is 11.0 Å². The van der Waals surface area contributed by atoms with E-state index in [2.05, 4.69) is 34.7 Å². The standard InChI is InChI=1S/C20H20N4O.HI/c1-14-17-8-3-4-9-18(17)25-19(14)13-24-20(22-2)23-12-16-7-5-6-15(10-16)11-21;/h3-10H,12-13H2,1-2H3,(H2,22,23,24);1H. The number of guanidine groups is 1. The number of aryl methyl sites for hydroxylation is 1. The smallest absolute Gasteiger partial charge is 0.191 e. The second-order valence-electron chi connectivity index (χ2n) is 5.74. The van der Waals surface area contributed by atoms with Crippen molar-refractivity contribution in [3.63, 3.8) is 0 Å². The predicted molar refractivity (Wildman–Crippen MR) is 115 cm³/mol. The Labute approximate surface area is 170 Å². The summed E-state index contributed by atoms with van der Waals surface area (Å²) in [6.07, 6.45) is 0. The molecule has 1 heterocycles. The molecule has 26 heavy (non-hydrogen) atoms. The highest BCUT2D eigenvalue weighted by atomic mass is 127. The van der Waals surface area contributed by atoms with Crippen LogP contribution < -0.4 is 10.6 Å². The molecule has 3 aromatic rings. The number of rotatable bonds is 4. The number of nitrogens with one attached hydrogen (secondary N) is 2. The third kappa shape index (κ3) is 4.55. The highest BCUT2D eigenvalue weighted by Gasteiger charge is 2.10. The Morgan fingerprint density at radius 3 is 2.62 bits per heavy atom. The van der Waals surface area contributed by atoms with Crippen molar-refractivity contribution in [1.29, 1.82) is 5.26 Å². The lowest BCUT2D eigenvalue weighted by molar-refractivity contribution is 0.534. The van der Waals surface area contributed by atoms with Crippen molar-refractivity contribution in [3.05, 3.63) is 71.0 Å². The van der Waals surface area contributed by atoms with Gasteiger partial charge in [-0.2, -0.15) is 5.26 Å². The first-order chi connectivity index (χ1) is 12.2. The zero-order valence-corrected chi connectivity index (χ0v) is 17.1. The average molecular weight is 460 g/mol. The summed E-state index contributed by atoms with van der Waals surface area (Å²) in [5, 5.41) is 16.6. The molecule has 0 spiro atoms. The number of nitriles is 1. The van der Waals surface area contributed by atoms with E-state index in [-0.39, 0.29) is 24.0 Å². The number of aliphatic imine (C=N–C) groups is 1. The van der Waals surface area contributed by atoms with Crippen LogP contribution in [-0.4, -0.2) is 13.0 Å². The molecule has 0 aliphatic carbocycles. The van der Waals surface area contributed by atoms with Crippen LogP contribution in [0.3, 0.4) is 0 Å². The van der Waals surface area contributed by atoms with Crippen molar-refractivity contribution in [2.75, 3.05) is 7.05 Å². The molecule has 3 rings (SSSR count). The van der Waals surface area contributed by atoms with Crippen LogP contribution in [0.2, 0.25) is 0 Å². The fourth-order valence-electron chi connectivity index (χ4n) is 2.71. The molecule has 2 N–H and O–H groups in total. The Morgan fingerprint density at radius 1 is 1.12 bits per heavy atom. The van der Waals surface area contributed by atoms with Crippen LogP contribution in [0, 0.1) is 18.3 Å². The van der Waals surface area contributed by atoms with Gasteiger partial charge < -0.3 is 15.1 Å². The molecule has 5 nitrogen and oxygen atoms in total. The Morgan fingerprint density at radius 2 is 1.88 bits per heavy atom. The van der Waals surface area contributed by atoms with E-state index >= 15 is 0 Å². The van der Waals surface area contributed by atoms with Crippen molar-refractivity contribution in [2.24, 2.45) is 4.99 Å². The van der Waals surface area contributed by atoms with E-state index in [1.54, 1.807) is 13.1 Å². The second kappa shape index (κ2) is 9.25. The minimum absolute atomic E-state index is 0. The van der Waals surface area contributed by atoms with Gasteiger partial charge in [-0.3, -0.25) is 4.99 Å². The lowest BCUT2D eigenvalue weighted by atomic mass is 10.1. The second-order valence-corrected chi connectivity index (χ2v) is 5.74. The monoisotopic (exact) mass is 460 g/mol. The number of hydrogen-bond acceptors (Lipinski definition) is 3. The quantitative estimate of drug-likeness (QED) is 0.350. The first kappa shape index (κ1) is 19.8. The largest absolute Gasteiger partial charge is 0.459 e. The zero-order valence-electron chi connectivity index (χ0n) is 14.7. The number of hydrogen-bond donors (Lipinski definition) is 2. The summed E-state index contributed by atoms with van der Waals surface area (Å²) in [4.78, 5) is 4.23. The highest BCUT2D eigenvalue weighted by Crippen LogP contribution is 2.24. The number of para-hydroxylation sites is 1. The van der Waals surface area contributed by atoms with Crippen LogP contribution >= 0.6 is 24.0 Å². The molecule has 0 aliphatic rings. The van der Waals surface area contributed by atoms with Crippen LogP contribution in [0.5, 0.6) is 0 Å². The van der Waals surface area contributed by atoms with Gasteiger partial charge in [0.2, 0.25) is 0 Å². The number of fused-ring (bicyclic) bond motifs is 1. The van der Waals surface area contributed by atoms with Crippen LogP contribution in [0.1, 0.15) is 22.5 Å². The molecule has 0 fully saturated rings. The molecule has 6 heteroatoms. The molecule has 0 atom stereocenters. The van der Waals surface area contributed by atoms with Crippen LogP contribution in [0.15, 0.2) is 57.9 Å². The molecular weight excluding hydrogens is 439 g/mol. The van der Waals surface area contributed by atoms with Crippen molar-refractivity contribution in [2.45, 2.75) is 20.0 Å². The molecule has 0 amide bonds. The Balaban J connectivity index is 0.00000243. The number of nitrogens with zero attached hydrogens (tertiary/aromatic N) is 2. The van der Waals surface area contributed by atoms with Crippen LogP contribution in [-0.2, 0) is 13.1 Å². The van der Waals surface area contributed by atoms with E-state index in [1.165, 1.54) is 0 Å². The fraction of sp³-hybridized carbons (Fsp3) is 0.200. The minimum Gasteiger partial charge on any atom is -0.459 e. The Kier molecular flexibility index (Phi) is 7.04. The maximum Gasteiger partial charge on any atom is 0.191 e. The van der Waals surface area contributed by atoms with Gasteiger partial charge in [0.05, 0.1) is 18.2 Å². The SMILES string of the molecule is CN=C(NCc1cccc(C#N)c1)NCc1oc2ccccc2c1C.I. The summed E-state index contributed by atoms with van der Waals surface area (Å²) >= 11 is 0. The summed E-state index contributed by atoms with van der Waals surface area (Å²) in [5.41, 5.74) is 3.72. The Bertz CT molecular complexity index is 956. The van der Waals surface area contributed by atoms with Crippen molar-refractivity contribution >= 4 is 40.9 Å². The van der Waals surface area contributed by atoms with Crippen molar-refractivity contribution < 1.29 is 4.42 Å². The molecule has 1 aromatic heterocycles. The summed E-state index contributed by atoms with van der Waals surface area (Å²) in [6, 6.07) is 17.7. The van der Waals surface area contributed by atoms with Gasteiger partial charge in [0, 0.05) is 24.5 Å². The third-order valence-electron chi connectivity index (χ3n) is 4.10. The first-order valence-electron chi connectivity index (χ1n) is 8.12. The number of furan rings is 1. The molecule has 0 bridgehead atoms. The van der Waals surface area contributed by atoms with E-state index in [0.29, 0.717) is 24.6 Å². The van der Waals surface area contributed by atoms with Crippen molar-refractivity contribution in [1.82, 2.24) is 10.6 Å².